The van der Waals surface area contributed by atoms with Gasteiger partial charge in [-0.05, 0) is 42.0 Å². The van der Waals surface area contributed by atoms with Crippen LogP contribution in [0, 0.1) is 11.8 Å². The highest BCUT2D eigenvalue weighted by atomic mass is 35.5. The van der Waals surface area contributed by atoms with Crippen LogP contribution in [-0.4, -0.2) is 41.9 Å². The molecule has 0 spiro atoms. The first kappa shape index (κ1) is 17.8. The largest absolute Gasteiger partial charge is 0.329 e. The highest BCUT2D eigenvalue weighted by Gasteiger charge is 2.19. The lowest BCUT2D eigenvalue weighted by atomic mass is 10.2. The molecule has 3 rings (SSSR count). The molecular formula is C20H18Cl2N2O. The molecule has 0 bridgehead atoms. The van der Waals surface area contributed by atoms with Crippen LogP contribution in [0.25, 0.3) is 0 Å². The molecule has 2 aromatic carbocycles. The minimum Gasteiger partial charge on any atom is -0.329 e. The van der Waals surface area contributed by atoms with Crippen molar-refractivity contribution in [2.75, 3.05) is 26.2 Å². The quantitative estimate of drug-likeness (QED) is 0.750. The molecule has 1 aliphatic heterocycles. The molecule has 0 atom stereocenters. The third-order valence-corrected chi connectivity index (χ3v) is 4.64. The lowest BCUT2D eigenvalue weighted by molar-refractivity contribution is -0.126. The first-order valence-corrected chi connectivity index (χ1v) is 8.89. The van der Waals surface area contributed by atoms with Crippen molar-refractivity contribution in [3.05, 3.63) is 69.7 Å². The summed E-state index contributed by atoms with van der Waals surface area (Å²) in [6.45, 7) is 3.95. The maximum Gasteiger partial charge on any atom is 0.298 e. The Bertz CT molecular complexity index is 783. The van der Waals surface area contributed by atoms with E-state index >= 15 is 0 Å². The first-order chi connectivity index (χ1) is 12.1. The van der Waals surface area contributed by atoms with Crippen molar-refractivity contribution < 1.29 is 4.79 Å². The van der Waals surface area contributed by atoms with Crippen molar-refractivity contribution in [2.24, 2.45) is 0 Å². The fourth-order valence-electron chi connectivity index (χ4n) is 2.70. The highest BCUT2D eigenvalue weighted by Crippen LogP contribution is 2.13. The fourth-order valence-corrected chi connectivity index (χ4v) is 2.95. The van der Waals surface area contributed by atoms with Gasteiger partial charge in [-0.1, -0.05) is 41.3 Å². The van der Waals surface area contributed by atoms with Crippen LogP contribution in [0.3, 0.4) is 0 Å². The van der Waals surface area contributed by atoms with Crippen LogP contribution >= 0.6 is 23.2 Å². The zero-order valence-electron chi connectivity index (χ0n) is 13.7. The Morgan fingerprint density at radius 1 is 0.880 bits per heavy atom. The number of hydrogen-bond donors (Lipinski definition) is 0. The average Bonchev–Trinajstić information content (AvgIpc) is 2.63. The number of nitrogens with zero attached hydrogens (tertiary/aromatic N) is 2. The summed E-state index contributed by atoms with van der Waals surface area (Å²) in [4.78, 5) is 16.4. The summed E-state index contributed by atoms with van der Waals surface area (Å²) in [6.07, 6.45) is 0. The van der Waals surface area contributed by atoms with E-state index in [-0.39, 0.29) is 5.91 Å². The summed E-state index contributed by atoms with van der Waals surface area (Å²) >= 11 is 11.8. The van der Waals surface area contributed by atoms with Gasteiger partial charge in [-0.2, -0.15) is 0 Å². The molecule has 1 heterocycles. The SMILES string of the molecule is O=C(C#Cc1ccc(Cl)cc1)N1CCN(Cc2ccc(Cl)cc2)CC1. The lowest BCUT2D eigenvalue weighted by Crippen LogP contribution is -2.47. The number of amides is 1. The van der Waals surface area contributed by atoms with Gasteiger partial charge in [0.05, 0.1) is 0 Å². The molecule has 3 nitrogen and oxygen atoms in total. The Hall–Kier alpha value is -1.99. The number of carbonyl (C=O) groups excluding carboxylic acids is 1. The third kappa shape index (κ3) is 5.24. The molecule has 0 aromatic heterocycles. The van der Waals surface area contributed by atoms with E-state index in [0.29, 0.717) is 18.1 Å². The van der Waals surface area contributed by atoms with Gasteiger partial charge in [-0.3, -0.25) is 9.69 Å². The average molecular weight is 373 g/mol. The number of hydrogen-bond acceptors (Lipinski definition) is 2. The maximum absolute atomic E-state index is 12.2. The summed E-state index contributed by atoms with van der Waals surface area (Å²) in [7, 11) is 0. The molecule has 0 unspecified atom stereocenters. The second-order valence-corrected chi connectivity index (χ2v) is 6.82. The minimum absolute atomic E-state index is 0.124. The van der Waals surface area contributed by atoms with Crippen molar-refractivity contribution in [3.8, 4) is 11.8 Å². The van der Waals surface area contributed by atoms with Crippen molar-refractivity contribution in [1.29, 1.82) is 0 Å². The van der Waals surface area contributed by atoms with Crippen LogP contribution in [0.5, 0.6) is 0 Å². The smallest absolute Gasteiger partial charge is 0.298 e. The van der Waals surface area contributed by atoms with E-state index in [4.69, 9.17) is 23.2 Å². The van der Waals surface area contributed by atoms with Crippen LogP contribution in [0.1, 0.15) is 11.1 Å². The van der Waals surface area contributed by atoms with Gasteiger partial charge in [0.15, 0.2) is 0 Å². The third-order valence-electron chi connectivity index (χ3n) is 4.14. The summed E-state index contributed by atoms with van der Waals surface area (Å²) in [5.74, 6) is 5.49. The van der Waals surface area contributed by atoms with E-state index < -0.39 is 0 Å². The Morgan fingerprint density at radius 3 is 2.04 bits per heavy atom. The summed E-state index contributed by atoms with van der Waals surface area (Å²) in [5.41, 5.74) is 2.02. The molecule has 0 aliphatic carbocycles. The van der Waals surface area contributed by atoms with Crippen LogP contribution in [0.2, 0.25) is 10.0 Å². The number of carbonyl (C=O) groups is 1. The molecular weight excluding hydrogens is 355 g/mol. The normalized spacial score (nSPS) is 14.7. The van der Waals surface area contributed by atoms with Crippen LogP contribution in [-0.2, 0) is 11.3 Å². The molecule has 5 heteroatoms. The first-order valence-electron chi connectivity index (χ1n) is 8.13. The molecule has 0 radical (unpaired) electrons. The van der Waals surface area contributed by atoms with Crippen LogP contribution in [0.15, 0.2) is 48.5 Å². The summed E-state index contributed by atoms with van der Waals surface area (Å²) in [5, 5.41) is 1.41. The van der Waals surface area contributed by atoms with E-state index in [9.17, 15) is 4.79 Å². The van der Waals surface area contributed by atoms with E-state index in [1.165, 1.54) is 5.56 Å². The lowest BCUT2D eigenvalue weighted by Gasteiger charge is -2.33. The van der Waals surface area contributed by atoms with E-state index in [1.807, 2.05) is 36.4 Å². The van der Waals surface area contributed by atoms with Crippen molar-refractivity contribution in [3.63, 3.8) is 0 Å². The molecule has 25 heavy (non-hydrogen) atoms. The molecule has 1 saturated heterocycles. The van der Waals surface area contributed by atoms with Gasteiger partial charge in [0, 0.05) is 54.3 Å². The topological polar surface area (TPSA) is 23.6 Å². The molecule has 1 aliphatic rings. The Kier molecular flexibility index (Phi) is 5.99. The van der Waals surface area contributed by atoms with Gasteiger partial charge in [0.2, 0.25) is 0 Å². The molecule has 1 fully saturated rings. The van der Waals surface area contributed by atoms with E-state index in [1.54, 1.807) is 17.0 Å². The number of benzene rings is 2. The van der Waals surface area contributed by atoms with E-state index in [0.717, 1.165) is 30.2 Å². The zero-order valence-corrected chi connectivity index (χ0v) is 15.2. The minimum atomic E-state index is -0.124. The van der Waals surface area contributed by atoms with Gasteiger partial charge >= 0.3 is 0 Å². The summed E-state index contributed by atoms with van der Waals surface area (Å²) < 4.78 is 0. The number of piperazine rings is 1. The van der Waals surface area contributed by atoms with Crippen LogP contribution in [0.4, 0.5) is 0 Å². The van der Waals surface area contributed by atoms with Gasteiger partial charge in [0.25, 0.3) is 5.91 Å². The molecule has 0 N–H and O–H groups in total. The second-order valence-electron chi connectivity index (χ2n) is 5.95. The summed E-state index contributed by atoms with van der Waals surface area (Å²) in [6, 6.07) is 15.1. The molecule has 2 aromatic rings. The van der Waals surface area contributed by atoms with Gasteiger partial charge in [-0.15, -0.1) is 0 Å². The standard InChI is InChI=1S/C20H18Cl2N2O/c21-18-6-1-16(2-7-18)5-10-20(25)24-13-11-23(12-14-24)15-17-3-8-19(22)9-4-17/h1-4,6-9H,11-15H2. The van der Waals surface area contributed by atoms with Gasteiger partial charge in [-0.25, -0.2) is 0 Å². The predicted octanol–water partition coefficient (Wildman–Crippen LogP) is 3.69. The van der Waals surface area contributed by atoms with Crippen molar-refractivity contribution >= 4 is 29.1 Å². The van der Waals surface area contributed by atoms with Gasteiger partial charge in [0.1, 0.15) is 0 Å². The van der Waals surface area contributed by atoms with Crippen molar-refractivity contribution in [2.45, 2.75) is 6.54 Å². The Balaban J connectivity index is 1.51. The van der Waals surface area contributed by atoms with Crippen molar-refractivity contribution in [1.82, 2.24) is 9.80 Å². The molecule has 128 valence electrons. The number of rotatable bonds is 2. The Morgan fingerprint density at radius 2 is 1.44 bits per heavy atom. The second kappa shape index (κ2) is 8.40. The zero-order chi connectivity index (χ0) is 17.6. The van der Waals surface area contributed by atoms with Gasteiger partial charge < -0.3 is 4.90 Å². The Labute approximate surface area is 158 Å². The monoisotopic (exact) mass is 372 g/mol. The fraction of sp³-hybridized carbons (Fsp3) is 0.250. The molecule has 0 saturated carbocycles. The van der Waals surface area contributed by atoms with E-state index in [2.05, 4.69) is 16.7 Å². The molecule has 1 amide bonds. The number of halogens is 2. The highest BCUT2D eigenvalue weighted by molar-refractivity contribution is 6.30. The van der Waals surface area contributed by atoms with Crippen LogP contribution < -0.4 is 0 Å². The maximum atomic E-state index is 12.2. The predicted molar refractivity (Wildman–Crippen MR) is 102 cm³/mol.